The maximum absolute atomic E-state index is 11.8. The van der Waals surface area contributed by atoms with E-state index in [9.17, 15) is 19.8 Å². The minimum absolute atomic E-state index is 0.0708. The van der Waals surface area contributed by atoms with Gasteiger partial charge < -0.3 is 20.8 Å². The fourth-order valence-corrected chi connectivity index (χ4v) is 3.09. The highest BCUT2D eigenvalue weighted by molar-refractivity contribution is 5.82. The molecule has 2 rings (SSSR count). The van der Waals surface area contributed by atoms with E-state index in [2.05, 4.69) is 10.6 Å². The molecule has 7 nitrogen and oxygen atoms in total. The summed E-state index contributed by atoms with van der Waals surface area (Å²) < 4.78 is 0. The van der Waals surface area contributed by atoms with Crippen molar-refractivity contribution in [3.8, 4) is 0 Å². The molecule has 2 amide bonds. The topological polar surface area (TPSA) is 102 Å². The summed E-state index contributed by atoms with van der Waals surface area (Å²) in [5, 5.41) is 25.2. The molecule has 2 aliphatic rings. The second kappa shape index (κ2) is 5.07. The normalized spacial score (nSPS) is 34.3. The highest BCUT2D eigenvalue weighted by atomic mass is 16.3. The van der Waals surface area contributed by atoms with Crippen LogP contribution in [0, 0.1) is 5.41 Å². The zero-order chi connectivity index (χ0) is 14.2. The van der Waals surface area contributed by atoms with Gasteiger partial charge in [0.15, 0.2) is 0 Å². The van der Waals surface area contributed by atoms with Gasteiger partial charge in [-0.1, -0.05) is 0 Å². The molecule has 108 valence electrons. The van der Waals surface area contributed by atoms with E-state index in [0.717, 1.165) is 0 Å². The zero-order valence-corrected chi connectivity index (χ0v) is 11.2. The first-order valence-corrected chi connectivity index (χ1v) is 6.51. The summed E-state index contributed by atoms with van der Waals surface area (Å²) in [5.74, 6) is -0.400. The monoisotopic (exact) mass is 271 g/mol. The molecule has 4 N–H and O–H groups in total. The van der Waals surface area contributed by atoms with Crippen LogP contribution in [0.25, 0.3) is 0 Å². The van der Waals surface area contributed by atoms with E-state index in [1.807, 2.05) is 0 Å². The summed E-state index contributed by atoms with van der Waals surface area (Å²) in [6.45, 7) is 2.51. The maximum Gasteiger partial charge on any atom is 0.239 e. The van der Waals surface area contributed by atoms with Crippen molar-refractivity contribution in [2.75, 3.05) is 20.1 Å². The Bertz CT molecular complexity index is 387. The van der Waals surface area contributed by atoms with Gasteiger partial charge in [-0.2, -0.15) is 0 Å². The molecule has 2 saturated heterocycles. The number of nitrogens with one attached hydrogen (secondary N) is 2. The molecule has 0 aliphatic carbocycles. The number of likely N-dealkylation sites (tertiary alicyclic amines) is 1. The van der Waals surface area contributed by atoms with E-state index in [0.29, 0.717) is 19.5 Å². The Morgan fingerprint density at radius 3 is 2.79 bits per heavy atom. The van der Waals surface area contributed by atoms with Crippen LogP contribution in [0.4, 0.5) is 0 Å². The molecule has 1 spiro atoms. The van der Waals surface area contributed by atoms with Crippen molar-refractivity contribution in [3.05, 3.63) is 0 Å². The molecule has 7 heteroatoms. The fraction of sp³-hybridized carbons (Fsp3) is 0.833. The highest BCUT2D eigenvalue weighted by Crippen LogP contribution is 2.45. The van der Waals surface area contributed by atoms with E-state index in [1.165, 1.54) is 14.0 Å². The Hall–Kier alpha value is -1.18. The molecule has 0 aromatic heterocycles. The van der Waals surface area contributed by atoms with Crippen molar-refractivity contribution < 1.29 is 19.8 Å². The molecule has 2 fully saturated rings. The average molecular weight is 271 g/mol. The molecule has 0 saturated carbocycles. The number of amides is 2. The molecule has 0 aromatic carbocycles. The minimum Gasteiger partial charge on any atom is -0.391 e. The number of rotatable bonds is 3. The van der Waals surface area contributed by atoms with Crippen LogP contribution >= 0.6 is 0 Å². The van der Waals surface area contributed by atoms with Crippen LogP contribution in [-0.2, 0) is 9.59 Å². The van der Waals surface area contributed by atoms with Crippen molar-refractivity contribution in [2.24, 2.45) is 5.41 Å². The van der Waals surface area contributed by atoms with Gasteiger partial charge in [0.25, 0.3) is 0 Å². The molecule has 4 atom stereocenters. The van der Waals surface area contributed by atoms with Crippen molar-refractivity contribution in [2.45, 2.75) is 38.1 Å². The smallest absolute Gasteiger partial charge is 0.239 e. The third kappa shape index (κ3) is 2.33. The maximum atomic E-state index is 11.8. The zero-order valence-electron chi connectivity index (χ0n) is 11.2. The number of hydrogen-bond donors (Lipinski definition) is 4. The Morgan fingerprint density at radius 1 is 1.63 bits per heavy atom. The molecule has 2 unspecified atom stereocenters. The number of piperidine rings is 1. The summed E-state index contributed by atoms with van der Waals surface area (Å²) >= 11 is 0. The lowest BCUT2D eigenvalue weighted by molar-refractivity contribution is -0.229. The third-order valence-corrected chi connectivity index (χ3v) is 4.15. The van der Waals surface area contributed by atoms with Gasteiger partial charge in [-0.05, 0) is 13.3 Å². The number of carbonyl (C=O) groups is 2. The Labute approximate surface area is 112 Å². The van der Waals surface area contributed by atoms with Gasteiger partial charge in [0.2, 0.25) is 11.8 Å². The first kappa shape index (κ1) is 14.2. The molecule has 2 heterocycles. The van der Waals surface area contributed by atoms with Crippen LogP contribution in [0.5, 0.6) is 0 Å². The van der Waals surface area contributed by atoms with Crippen LogP contribution < -0.4 is 10.6 Å². The van der Waals surface area contributed by atoms with E-state index >= 15 is 0 Å². The second-order valence-electron chi connectivity index (χ2n) is 5.48. The standard InChI is InChI=1S/C12H21N3O4/c1-7(16)9(10(18)13-2)15-6-12(11(15)19)3-4-14-8(17)5-12/h7,9,11,16,19H,3-6H2,1-2H3,(H,13,18)(H,14,17)/t7-,9+,11?,12?/m1/s1. The molecule has 0 radical (unpaired) electrons. The summed E-state index contributed by atoms with van der Waals surface area (Å²) in [4.78, 5) is 24.8. The number of likely N-dealkylation sites (N-methyl/N-ethyl adjacent to an activating group) is 1. The Balaban J connectivity index is 2.09. The predicted octanol–water partition coefficient (Wildman–Crippen LogP) is -1.99. The Morgan fingerprint density at radius 2 is 2.32 bits per heavy atom. The number of nitrogens with zero attached hydrogens (tertiary/aromatic N) is 1. The van der Waals surface area contributed by atoms with Crippen molar-refractivity contribution >= 4 is 11.8 Å². The van der Waals surface area contributed by atoms with Gasteiger partial charge in [-0.3, -0.25) is 14.5 Å². The largest absolute Gasteiger partial charge is 0.391 e. The van der Waals surface area contributed by atoms with Gasteiger partial charge in [0.1, 0.15) is 12.3 Å². The Kier molecular flexibility index (Phi) is 3.80. The van der Waals surface area contributed by atoms with E-state index in [1.54, 1.807) is 4.90 Å². The summed E-state index contributed by atoms with van der Waals surface area (Å²) in [6.07, 6.45) is -0.790. The van der Waals surface area contributed by atoms with Gasteiger partial charge in [0.05, 0.1) is 6.10 Å². The van der Waals surface area contributed by atoms with Gasteiger partial charge >= 0.3 is 0 Å². The summed E-state index contributed by atoms with van der Waals surface area (Å²) in [6, 6.07) is -0.782. The van der Waals surface area contributed by atoms with E-state index in [-0.39, 0.29) is 18.2 Å². The first-order chi connectivity index (χ1) is 8.91. The summed E-state index contributed by atoms with van der Waals surface area (Å²) in [5.41, 5.74) is -0.469. The molecular formula is C12H21N3O4. The lowest BCUT2D eigenvalue weighted by Gasteiger charge is -2.58. The van der Waals surface area contributed by atoms with Crippen molar-refractivity contribution in [1.82, 2.24) is 15.5 Å². The molecule has 0 bridgehead atoms. The van der Waals surface area contributed by atoms with Crippen LogP contribution in [0.1, 0.15) is 19.8 Å². The first-order valence-electron chi connectivity index (χ1n) is 6.51. The van der Waals surface area contributed by atoms with Crippen molar-refractivity contribution in [1.29, 1.82) is 0 Å². The molecule has 2 aliphatic heterocycles. The number of aliphatic hydroxyl groups is 2. The van der Waals surface area contributed by atoms with Crippen LogP contribution in [-0.4, -0.2) is 65.4 Å². The fourth-order valence-electron chi connectivity index (χ4n) is 3.09. The number of carbonyl (C=O) groups excluding carboxylic acids is 2. The molecular weight excluding hydrogens is 250 g/mol. The summed E-state index contributed by atoms with van der Waals surface area (Å²) in [7, 11) is 1.49. The lowest BCUT2D eigenvalue weighted by Crippen LogP contribution is -2.73. The van der Waals surface area contributed by atoms with E-state index in [4.69, 9.17) is 0 Å². The third-order valence-electron chi connectivity index (χ3n) is 4.15. The van der Waals surface area contributed by atoms with Crippen LogP contribution in [0.15, 0.2) is 0 Å². The number of aliphatic hydroxyl groups excluding tert-OH is 2. The minimum atomic E-state index is -0.885. The second-order valence-corrected chi connectivity index (χ2v) is 5.48. The SMILES string of the molecule is CNC(=O)[C@H]([C@@H](C)O)N1CC2(CCNC(=O)C2)C1O. The molecule has 0 aromatic rings. The average Bonchev–Trinajstić information content (AvgIpc) is 2.37. The van der Waals surface area contributed by atoms with Crippen LogP contribution in [0.3, 0.4) is 0 Å². The predicted molar refractivity (Wildman–Crippen MR) is 66.9 cm³/mol. The van der Waals surface area contributed by atoms with E-state index < -0.39 is 23.8 Å². The number of hydrogen-bond acceptors (Lipinski definition) is 5. The quantitative estimate of drug-likeness (QED) is 0.476. The lowest BCUT2D eigenvalue weighted by atomic mass is 9.69. The van der Waals surface area contributed by atoms with Gasteiger partial charge in [0, 0.05) is 32.0 Å². The molecule has 19 heavy (non-hydrogen) atoms. The van der Waals surface area contributed by atoms with Gasteiger partial charge in [-0.25, -0.2) is 0 Å². The van der Waals surface area contributed by atoms with Crippen molar-refractivity contribution in [3.63, 3.8) is 0 Å². The highest BCUT2D eigenvalue weighted by Gasteiger charge is 2.57. The van der Waals surface area contributed by atoms with Gasteiger partial charge in [-0.15, -0.1) is 0 Å². The van der Waals surface area contributed by atoms with Crippen LogP contribution in [0.2, 0.25) is 0 Å².